The molecule has 3 aromatic rings. The third kappa shape index (κ3) is 6.70. The second-order valence-electron chi connectivity index (χ2n) is 6.66. The number of nitrogen functional groups attached to an aromatic ring is 1. The predicted octanol–water partition coefficient (Wildman–Crippen LogP) is 5.19. The van der Waals surface area contributed by atoms with Gasteiger partial charge in [-0.05, 0) is 43.7 Å². The van der Waals surface area contributed by atoms with Gasteiger partial charge in [0.1, 0.15) is 17.3 Å². The number of halogens is 1. The van der Waals surface area contributed by atoms with Crippen LogP contribution in [0, 0.1) is 0 Å². The Kier molecular flexibility index (Phi) is 7.86. The van der Waals surface area contributed by atoms with E-state index in [9.17, 15) is 4.79 Å². The number of pyridine rings is 1. The topological polar surface area (TPSA) is 99.4 Å². The zero-order valence-electron chi connectivity index (χ0n) is 17.2. The number of thiazole rings is 1. The molecular formula is C22H23ClN4O3S. The second-order valence-corrected chi connectivity index (χ2v) is 8.09. The molecule has 31 heavy (non-hydrogen) atoms. The summed E-state index contributed by atoms with van der Waals surface area (Å²) in [4.78, 5) is 21.3. The number of hydrogen-bond donors (Lipinski definition) is 2. The number of amides is 1. The monoisotopic (exact) mass is 458 g/mol. The van der Waals surface area contributed by atoms with Crippen molar-refractivity contribution in [2.75, 3.05) is 12.3 Å². The van der Waals surface area contributed by atoms with Gasteiger partial charge < -0.3 is 20.5 Å². The van der Waals surface area contributed by atoms with Crippen molar-refractivity contribution in [3.8, 4) is 16.7 Å². The van der Waals surface area contributed by atoms with Gasteiger partial charge in [-0.2, -0.15) is 0 Å². The number of carbonyl (C=O) groups excluding carboxylic acids is 1. The molecule has 0 radical (unpaired) electrons. The number of benzene rings is 1. The number of aromatic nitrogens is 2. The van der Waals surface area contributed by atoms with Gasteiger partial charge in [0.2, 0.25) is 0 Å². The summed E-state index contributed by atoms with van der Waals surface area (Å²) >= 11 is 7.65. The lowest BCUT2D eigenvalue weighted by molar-refractivity contribution is 0.0947. The molecule has 9 heteroatoms. The van der Waals surface area contributed by atoms with Crippen LogP contribution in [0.3, 0.4) is 0 Å². The molecule has 3 N–H and O–H groups in total. The highest BCUT2D eigenvalue weighted by atomic mass is 35.5. The minimum atomic E-state index is -0.222. The van der Waals surface area contributed by atoms with Gasteiger partial charge in [-0.25, -0.2) is 9.97 Å². The van der Waals surface area contributed by atoms with Crippen LogP contribution in [-0.2, 0) is 0 Å². The first-order valence-corrected chi connectivity index (χ1v) is 10.9. The molecule has 1 amide bonds. The Balaban J connectivity index is 1.57. The summed E-state index contributed by atoms with van der Waals surface area (Å²) in [5, 5.41) is 3.80. The van der Waals surface area contributed by atoms with E-state index < -0.39 is 0 Å². The molecule has 0 unspecified atom stereocenters. The first kappa shape index (κ1) is 22.6. The summed E-state index contributed by atoms with van der Waals surface area (Å²) in [5.74, 6) is 1.29. The molecule has 162 valence electrons. The fourth-order valence-electron chi connectivity index (χ4n) is 2.53. The van der Waals surface area contributed by atoms with Gasteiger partial charge in [0.25, 0.3) is 11.1 Å². The second kappa shape index (κ2) is 10.8. The van der Waals surface area contributed by atoms with Crippen molar-refractivity contribution in [2.45, 2.75) is 26.3 Å². The van der Waals surface area contributed by atoms with Gasteiger partial charge in [0.05, 0.1) is 16.5 Å². The van der Waals surface area contributed by atoms with E-state index in [1.807, 2.05) is 32.1 Å². The maximum Gasteiger partial charge on any atom is 0.279 e. The number of nitrogens with zero attached hydrogens (tertiary/aromatic N) is 2. The third-order valence-corrected chi connectivity index (χ3v) is 5.16. The highest BCUT2D eigenvalue weighted by molar-refractivity contribution is 7.14. The zero-order chi connectivity index (χ0) is 22.2. The quantitative estimate of drug-likeness (QED) is 0.458. The molecule has 0 aliphatic carbocycles. The molecule has 0 saturated heterocycles. The molecule has 0 spiro atoms. The Bertz CT molecular complexity index is 1070. The predicted molar refractivity (Wildman–Crippen MR) is 124 cm³/mol. The molecule has 1 atom stereocenters. The average molecular weight is 459 g/mol. The summed E-state index contributed by atoms with van der Waals surface area (Å²) in [6, 6.07) is 8.24. The molecule has 0 saturated carbocycles. The summed E-state index contributed by atoms with van der Waals surface area (Å²) < 4.78 is 11.3. The molecule has 0 aliphatic heterocycles. The van der Waals surface area contributed by atoms with Crippen LogP contribution in [0.4, 0.5) is 5.82 Å². The summed E-state index contributed by atoms with van der Waals surface area (Å²) in [6.45, 7) is 4.55. The zero-order valence-corrected chi connectivity index (χ0v) is 18.7. The SMILES string of the molecule is CCCOc1ccc(Oc2ncc(/C=C/[C@H](C)NC(=O)c3ccnc(N)c3)s2)c(Cl)c1. The average Bonchev–Trinajstić information content (AvgIpc) is 3.20. The van der Waals surface area contributed by atoms with E-state index in [4.69, 9.17) is 26.8 Å². The number of nitrogens with one attached hydrogen (secondary N) is 1. The Morgan fingerprint density at radius 1 is 1.32 bits per heavy atom. The minimum Gasteiger partial charge on any atom is -0.494 e. The van der Waals surface area contributed by atoms with E-state index in [0.717, 1.165) is 11.3 Å². The van der Waals surface area contributed by atoms with E-state index in [0.29, 0.717) is 39.7 Å². The maximum atomic E-state index is 12.3. The first-order valence-electron chi connectivity index (χ1n) is 9.71. The van der Waals surface area contributed by atoms with Gasteiger partial charge in [0.15, 0.2) is 0 Å². The van der Waals surface area contributed by atoms with Crippen LogP contribution in [0.15, 0.2) is 48.8 Å². The van der Waals surface area contributed by atoms with Crippen molar-refractivity contribution in [3.05, 3.63) is 64.3 Å². The van der Waals surface area contributed by atoms with Crippen LogP contribution in [0.5, 0.6) is 16.7 Å². The Morgan fingerprint density at radius 2 is 2.16 bits per heavy atom. The number of carbonyl (C=O) groups is 1. The van der Waals surface area contributed by atoms with Crippen molar-refractivity contribution in [1.29, 1.82) is 0 Å². The Morgan fingerprint density at radius 3 is 2.90 bits per heavy atom. The number of rotatable bonds is 9. The van der Waals surface area contributed by atoms with Crippen LogP contribution in [-0.4, -0.2) is 28.5 Å². The van der Waals surface area contributed by atoms with Gasteiger partial charge in [-0.3, -0.25) is 4.79 Å². The first-order chi connectivity index (χ1) is 14.9. The van der Waals surface area contributed by atoms with Crippen LogP contribution in [0.2, 0.25) is 5.02 Å². The Labute approximate surface area is 189 Å². The van der Waals surface area contributed by atoms with Crippen molar-refractivity contribution in [1.82, 2.24) is 15.3 Å². The number of anilines is 1. The molecule has 1 aromatic carbocycles. The largest absolute Gasteiger partial charge is 0.494 e. The van der Waals surface area contributed by atoms with Crippen molar-refractivity contribution < 1.29 is 14.3 Å². The van der Waals surface area contributed by atoms with Crippen LogP contribution in [0.25, 0.3) is 6.08 Å². The Hall–Kier alpha value is -3.10. The summed E-state index contributed by atoms with van der Waals surface area (Å²) in [5.41, 5.74) is 6.08. The lowest BCUT2D eigenvalue weighted by Gasteiger charge is -2.09. The number of ether oxygens (including phenoxy) is 2. The van der Waals surface area contributed by atoms with E-state index in [1.54, 1.807) is 24.4 Å². The molecule has 0 fully saturated rings. The fourth-order valence-corrected chi connectivity index (χ4v) is 3.43. The summed E-state index contributed by atoms with van der Waals surface area (Å²) in [7, 11) is 0. The molecule has 3 rings (SSSR count). The van der Waals surface area contributed by atoms with E-state index in [2.05, 4.69) is 15.3 Å². The number of nitrogens with two attached hydrogens (primary N) is 1. The van der Waals surface area contributed by atoms with Crippen molar-refractivity contribution in [3.63, 3.8) is 0 Å². The molecule has 0 bridgehead atoms. The van der Waals surface area contributed by atoms with E-state index in [-0.39, 0.29) is 11.9 Å². The third-order valence-electron chi connectivity index (χ3n) is 4.03. The summed E-state index contributed by atoms with van der Waals surface area (Å²) in [6.07, 6.45) is 7.86. The molecular weight excluding hydrogens is 436 g/mol. The van der Waals surface area contributed by atoms with Crippen molar-refractivity contribution >= 4 is 40.7 Å². The van der Waals surface area contributed by atoms with Crippen LogP contribution >= 0.6 is 22.9 Å². The van der Waals surface area contributed by atoms with Gasteiger partial charge in [-0.1, -0.05) is 35.9 Å². The van der Waals surface area contributed by atoms with Gasteiger partial charge in [0, 0.05) is 30.1 Å². The molecule has 2 aromatic heterocycles. The molecule has 2 heterocycles. The smallest absolute Gasteiger partial charge is 0.279 e. The fraction of sp³-hybridized carbons (Fsp3) is 0.227. The van der Waals surface area contributed by atoms with E-state index in [1.165, 1.54) is 23.6 Å². The lowest BCUT2D eigenvalue weighted by Crippen LogP contribution is -2.31. The molecule has 0 aliphatic rings. The highest BCUT2D eigenvalue weighted by Gasteiger charge is 2.10. The van der Waals surface area contributed by atoms with Crippen LogP contribution in [0.1, 0.15) is 35.5 Å². The van der Waals surface area contributed by atoms with E-state index >= 15 is 0 Å². The molecule has 7 nitrogen and oxygen atoms in total. The number of hydrogen-bond acceptors (Lipinski definition) is 7. The maximum absolute atomic E-state index is 12.3. The van der Waals surface area contributed by atoms with Gasteiger partial charge in [-0.15, -0.1) is 0 Å². The lowest BCUT2D eigenvalue weighted by atomic mass is 10.2. The standard InChI is InChI=1S/C22H23ClN4O3S/c1-3-10-29-16-5-7-19(18(23)12-16)30-22-26-13-17(31-22)6-4-14(2)27-21(28)15-8-9-25-20(24)11-15/h4-9,11-14H,3,10H2,1-2H3,(H2,24,25)(H,27,28)/b6-4+/t14-/m0/s1. The normalized spacial score (nSPS) is 12.0. The van der Waals surface area contributed by atoms with Crippen molar-refractivity contribution in [2.24, 2.45) is 0 Å². The minimum absolute atomic E-state index is 0.196. The van der Waals surface area contributed by atoms with Gasteiger partial charge >= 0.3 is 0 Å². The highest BCUT2D eigenvalue weighted by Crippen LogP contribution is 2.34. The van der Waals surface area contributed by atoms with Crippen LogP contribution < -0.4 is 20.5 Å².